The highest BCUT2D eigenvalue weighted by Crippen LogP contribution is 2.33. The number of halogens is 1. The summed E-state index contributed by atoms with van der Waals surface area (Å²) in [5.74, 6) is -0.741. The molecule has 0 bridgehead atoms. The smallest absolute Gasteiger partial charge is 0.294 e. The fourth-order valence-electron chi connectivity index (χ4n) is 2.61. The quantitative estimate of drug-likeness (QED) is 0.602. The first-order valence-electron chi connectivity index (χ1n) is 8.75. The first kappa shape index (κ1) is 22.5. The maximum absolute atomic E-state index is 12.7. The molecule has 1 atom stereocenters. The van der Waals surface area contributed by atoms with Crippen LogP contribution in [0.25, 0.3) is 0 Å². The van der Waals surface area contributed by atoms with E-state index in [2.05, 4.69) is 16.3 Å². The molecule has 1 N–H and O–H groups in total. The van der Waals surface area contributed by atoms with Crippen LogP contribution in [-0.4, -0.2) is 42.1 Å². The minimum Gasteiger partial charge on any atom is -0.326 e. The molecule has 2 aromatic rings. The van der Waals surface area contributed by atoms with Crippen LogP contribution in [0.5, 0.6) is 0 Å². The Hall–Kier alpha value is -2.14. The lowest BCUT2D eigenvalue weighted by atomic mass is 10.2. The van der Waals surface area contributed by atoms with E-state index in [1.807, 2.05) is 19.1 Å². The Balaban J connectivity index is 1.77. The number of hydrogen-bond acceptors (Lipinski definition) is 6. The summed E-state index contributed by atoms with van der Waals surface area (Å²) in [6.07, 6.45) is 1.35. The normalized spacial score (nSPS) is 18.1. The van der Waals surface area contributed by atoms with Crippen molar-refractivity contribution in [2.24, 2.45) is 4.40 Å². The molecular formula is C19H18ClN3O4S3. The number of sulfonamides is 1. The number of thiophene rings is 1. The Kier molecular flexibility index (Phi) is 7.02. The largest absolute Gasteiger partial charge is 0.326 e. The lowest BCUT2D eigenvalue weighted by Crippen LogP contribution is -2.33. The second-order valence-corrected chi connectivity index (χ2v) is 11.1. The summed E-state index contributed by atoms with van der Waals surface area (Å²) >= 11 is 7.65. The molecule has 7 nitrogen and oxygen atoms in total. The Morgan fingerprint density at radius 1 is 1.30 bits per heavy atom. The molecule has 2 heterocycles. The van der Waals surface area contributed by atoms with E-state index in [1.54, 1.807) is 12.1 Å². The molecular weight excluding hydrogens is 466 g/mol. The minimum atomic E-state index is -4.03. The summed E-state index contributed by atoms with van der Waals surface area (Å²) in [5, 5.41) is 1.97. The zero-order chi connectivity index (χ0) is 21.9. The number of carbonyl (C=O) groups excluding carboxylic acids is 2. The number of hydrogen-bond donors (Lipinski definition) is 1. The van der Waals surface area contributed by atoms with Gasteiger partial charge in [0.1, 0.15) is 9.46 Å². The summed E-state index contributed by atoms with van der Waals surface area (Å²) in [5.41, 5.74) is 1.68. The zero-order valence-corrected chi connectivity index (χ0v) is 19.1. The van der Waals surface area contributed by atoms with Gasteiger partial charge in [0.25, 0.3) is 10.0 Å². The predicted molar refractivity (Wildman–Crippen MR) is 122 cm³/mol. The van der Waals surface area contributed by atoms with Crippen molar-refractivity contribution in [3.63, 3.8) is 0 Å². The Morgan fingerprint density at radius 2 is 2.00 bits per heavy atom. The van der Waals surface area contributed by atoms with Crippen LogP contribution in [0.4, 0.5) is 5.69 Å². The summed E-state index contributed by atoms with van der Waals surface area (Å²) in [6, 6.07) is 10.1. The number of benzene rings is 1. The number of amidine groups is 1. The third-order valence-electron chi connectivity index (χ3n) is 4.04. The van der Waals surface area contributed by atoms with E-state index in [9.17, 15) is 18.0 Å². The number of anilines is 1. The van der Waals surface area contributed by atoms with Crippen molar-refractivity contribution >= 4 is 67.4 Å². The van der Waals surface area contributed by atoms with E-state index < -0.39 is 21.2 Å². The van der Waals surface area contributed by atoms with Gasteiger partial charge >= 0.3 is 0 Å². The van der Waals surface area contributed by atoms with Crippen LogP contribution in [-0.2, 0) is 19.6 Å². The number of nitrogens with zero attached hydrogens (tertiary/aromatic N) is 2. The van der Waals surface area contributed by atoms with E-state index in [-0.39, 0.29) is 28.2 Å². The monoisotopic (exact) mass is 483 g/mol. The van der Waals surface area contributed by atoms with Gasteiger partial charge in [0.05, 0.1) is 4.34 Å². The van der Waals surface area contributed by atoms with Crippen LogP contribution >= 0.6 is 34.7 Å². The second kappa shape index (κ2) is 9.34. The van der Waals surface area contributed by atoms with Gasteiger partial charge in [-0.25, -0.2) is 0 Å². The number of thioether (sulfide) groups is 1. The van der Waals surface area contributed by atoms with Crippen LogP contribution in [0.1, 0.15) is 12.0 Å². The first-order valence-corrected chi connectivity index (χ1v) is 12.3. The van der Waals surface area contributed by atoms with E-state index in [4.69, 9.17) is 11.6 Å². The Morgan fingerprint density at radius 3 is 2.60 bits per heavy atom. The third kappa shape index (κ3) is 5.31. The lowest BCUT2D eigenvalue weighted by Gasteiger charge is -2.13. The molecule has 0 radical (unpaired) electrons. The number of aryl methyl sites for hydroxylation is 1. The number of amides is 2. The van der Waals surface area contributed by atoms with Gasteiger partial charge in [-0.3, -0.25) is 14.5 Å². The van der Waals surface area contributed by atoms with Crippen molar-refractivity contribution in [3.05, 3.63) is 59.0 Å². The van der Waals surface area contributed by atoms with Crippen LogP contribution in [0.3, 0.4) is 0 Å². The van der Waals surface area contributed by atoms with Gasteiger partial charge in [-0.1, -0.05) is 47.1 Å². The highest BCUT2D eigenvalue weighted by atomic mass is 35.5. The van der Waals surface area contributed by atoms with Gasteiger partial charge in [0, 0.05) is 18.7 Å². The standard InChI is InChI=1S/C19H18ClN3O4S3/c1-3-10-23-18(25)14(11-16(24)21-13-6-4-12(2)5-7-13)28-19(23)22-30(26,27)17-9-8-15(20)29-17/h3-9,14H,1,10-11H2,2H3,(H,21,24)/b22-19+. The molecule has 1 aromatic carbocycles. The fourth-order valence-corrected chi connectivity index (χ4v) is 6.43. The van der Waals surface area contributed by atoms with Crippen molar-refractivity contribution in [2.75, 3.05) is 11.9 Å². The number of nitrogens with one attached hydrogen (secondary N) is 1. The van der Waals surface area contributed by atoms with E-state index in [1.165, 1.54) is 23.1 Å². The molecule has 1 fully saturated rings. The average Bonchev–Trinajstić information content (AvgIpc) is 3.23. The van der Waals surface area contributed by atoms with Gasteiger partial charge < -0.3 is 5.32 Å². The molecule has 30 heavy (non-hydrogen) atoms. The van der Waals surface area contributed by atoms with Crippen LogP contribution in [0.15, 0.2) is 57.7 Å². The molecule has 1 aliphatic rings. The molecule has 0 saturated carbocycles. The molecule has 0 spiro atoms. The van der Waals surface area contributed by atoms with Crippen LogP contribution < -0.4 is 5.32 Å². The maximum Gasteiger partial charge on any atom is 0.294 e. The highest BCUT2D eigenvalue weighted by molar-refractivity contribution is 8.16. The molecule has 1 aromatic heterocycles. The van der Waals surface area contributed by atoms with E-state index in [0.717, 1.165) is 28.7 Å². The highest BCUT2D eigenvalue weighted by Gasteiger charge is 2.39. The number of carbonyl (C=O) groups is 2. The second-order valence-electron chi connectivity index (χ2n) is 6.37. The molecule has 1 saturated heterocycles. The third-order valence-corrected chi connectivity index (χ3v) is 8.30. The lowest BCUT2D eigenvalue weighted by molar-refractivity contribution is -0.127. The minimum absolute atomic E-state index is 0.0116. The maximum atomic E-state index is 12.7. The average molecular weight is 484 g/mol. The van der Waals surface area contributed by atoms with Crippen LogP contribution in [0.2, 0.25) is 4.34 Å². The first-order chi connectivity index (χ1) is 14.2. The van der Waals surface area contributed by atoms with E-state index >= 15 is 0 Å². The fraction of sp³-hybridized carbons (Fsp3) is 0.211. The van der Waals surface area contributed by atoms with Crippen molar-refractivity contribution in [2.45, 2.75) is 22.8 Å². The predicted octanol–water partition coefficient (Wildman–Crippen LogP) is 3.91. The van der Waals surface area contributed by atoms with Crippen molar-refractivity contribution < 1.29 is 18.0 Å². The van der Waals surface area contributed by atoms with Crippen molar-refractivity contribution in [3.8, 4) is 0 Å². The summed E-state index contributed by atoms with van der Waals surface area (Å²) in [6.45, 7) is 5.62. The molecule has 11 heteroatoms. The van der Waals surface area contributed by atoms with Gasteiger partial charge in [-0.05, 0) is 31.2 Å². The number of rotatable bonds is 7. The van der Waals surface area contributed by atoms with Gasteiger partial charge in [0.15, 0.2) is 5.17 Å². The Bertz CT molecular complexity index is 1110. The SMILES string of the molecule is C=CCN1C(=O)C(CC(=O)Nc2ccc(C)cc2)S/C1=N/S(=O)(=O)c1ccc(Cl)s1. The topological polar surface area (TPSA) is 95.9 Å². The molecule has 2 amide bonds. The molecule has 1 unspecified atom stereocenters. The zero-order valence-electron chi connectivity index (χ0n) is 15.9. The summed E-state index contributed by atoms with van der Waals surface area (Å²) in [4.78, 5) is 26.4. The Labute approximate surface area is 187 Å². The van der Waals surface area contributed by atoms with Crippen molar-refractivity contribution in [1.82, 2.24) is 4.90 Å². The van der Waals surface area contributed by atoms with Crippen molar-refractivity contribution in [1.29, 1.82) is 0 Å². The van der Waals surface area contributed by atoms with Crippen LogP contribution in [0, 0.1) is 6.92 Å². The van der Waals surface area contributed by atoms with Gasteiger partial charge in [0.2, 0.25) is 11.8 Å². The van der Waals surface area contributed by atoms with Gasteiger partial charge in [-0.2, -0.15) is 8.42 Å². The summed E-state index contributed by atoms with van der Waals surface area (Å²) < 4.78 is 29.2. The molecule has 3 rings (SSSR count). The molecule has 1 aliphatic heterocycles. The molecule has 0 aliphatic carbocycles. The van der Waals surface area contributed by atoms with E-state index in [0.29, 0.717) is 10.0 Å². The summed E-state index contributed by atoms with van der Waals surface area (Å²) in [7, 11) is -4.03. The molecule has 158 valence electrons. The van der Waals surface area contributed by atoms with Gasteiger partial charge in [-0.15, -0.1) is 22.3 Å².